The van der Waals surface area contributed by atoms with Gasteiger partial charge in [0.05, 0.1) is 35.7 Å². The van der Waals surface area contributed by atoms with Crippen molar-refractivity contribution in [1.82, 2.24) is 25.2 Å². The van der Waals surface area contributed by atoms with Crippen molar-refractivity contribution in [3.63, 3.8) is 0 Å². The molecule has 2 amide bonds. The summed E-state index contributed by atoms with van der Waals surface area (Å²) in [5.41, 5.74) is 0.130. The molecule has 0 aromatic carbocycles. The summed E-state index contributed by atoms with van der Waals surface area (Å²) in [6, 6.07) is 1.53. The maximum absolute atomic E-state index is 13.5. The van der Waals surface area contributed by atoms with Crippen LogP contribution in [0.25, 0.3) is 11.0 Å². The number of hydrogen-bond donors (Lipinski definition) is 2. The van der Waals surface area contributed by atoms with Gasteiger partial charge in [0.15, 0.2) is 0 Å². The predicted octanol–water partition coefficient (Wildman–Crippen LogP) is 2.51. The van der Waals surface area contributed by atoms with Crippen LogP contribution < -0.4 is 10.2 Å². The first-order valence-electron chi connectivity index (χ1n) is 12.0. The molecule has 4 heterocycles. The zero-order valence-electron chi connectivity index (χ0n) is 21.2. The summed E-state index contributed by atoms with van der Waals surface area (Å²) >= 11 is 1.53. The highest BCUT2D eigenvalue weighted by Crippen LogP contribution is 2.30. The lowest BCUT2D eigenvalue weighted by Crippen LogP contribution is -2.58. The van der Waals surface area contributed by atoms with E-state index in [1.165, 1.54) is 18.1 Å². The Balaban J connectivity index is 1.48. The third-order valence-electron chi connectivity index (χ3n) is 5.84. The first-order chi connectivity index (χ1) is 17.2. The van der Waals surface area contributed by atoms with Crippen molar-refractivity contribution in [2.75, 3.05) is 50.6 Å². The molecule has 2 aliphatic heterocycles. The molecule has 0 aliphatic carbocycles. The molecule has 2 aromatic heterocycles. The van der Waals surface area contributed by atoms with E-state index in [9.17, 15) is 9.59 Å². The Morgan fingerprint density at radius 3 is 2.86 bits per heavy atom. The van der Waals surface area contributed by atoms with Crippen LogP contribution in [0.3, 0.4) is 0 Å². The summed E-state index contributed by atoms with van der Waals surface area (Å²) in [5, 5.41) is 3.82. The molecule has 0 bridgehead atoms. The molecule has 1 saturated heterocycles. The number of nitrogens with zero attached hydrogens (tertiary/aromatic N) is 4. The van der Waals surface area contributed by atoms with Gasteiger partial charge in [0.1, 0.15) is 23.4 Å². The number of likely N-dealkylation sites (tertiary alicyclic amines) is 1. The van der Waals surface area contributed by atoms with Crippen LogP contribution in [0.1, 0.15) is 27.2 Å². The van der Waals surface area contributed by atoms with Crippen molar-refractivity contribution in [3.8, 4) is 0 Å². The van der Waals surface area contributed by atoms with Gasteiger partial charge >= 0.3 is 6.09 Å². The Kier molecular flexibility index (Phi) is 8.37. The minimum Gasteiger partial charge on any atom is -0.444 e. The molecular weight excluding hydrogens is 484 g/mol. The molecule has 12 heteroatoms. The number of alkyl carbamates (subject to hydrolysis) is 1. The summed E-state index contributed by atoms with van der Waals surface area (Å²) in [6.07, 6.45) is 5.03. The molecule has 11 nitrogen and oxygen atoms in total. The molecule has 4 rings (SSSR count). The first kappa shape index (κ1) is 26.2. The summed E-state index contributed by atoms with van der Waals surface area (Å²) in [6.45, 7) is 7.88. The number of nitrogens with one attached hydrogen (secondary N) is 2. The molecule has 2 N–H and O–H groups in total. The van der Waals surface area contributed by atoms with Gasteiger partial charge in [-0.1, -0.05) is 0 Å². The minimum absolute atomic E-state index is 0.0737. The number of H-pyrrole nitrogens is 1. The average molecular weight is 519 g/mol. The van der Waals surface area contributed by atoms with E-state index in [0.717, 1.165) is 29.1 Å². The van der Waals surface area contributed by atoms with Crippen LogP contribution in [-0.2, 0) is 19.0 Å². The van der Waals surface area contributed by atoms with Gasteiger partial charge in [-0.2, -0.15) is 0 Å². The van der Waals surface area contributed by atoms with E-state index in [-0.39, 0.29) is 12.0 Å². The maximum atomic E-state index is 13.5. The van der Waals surface area contributed by atoms with Crippen molar-refractivity contribution in [1.29, 1.82) is 0 Å². The van der Waals surface area contributed by atoms with E-state index in [1.54, 1.807) is 12.0 Å². The third-order valence-corrected chi connectivity index (χ3v) is 6.81. The Morgan fingerprint density at radius 1 is 1.25 bits per heavy atom. The van der Waals surface area contributed by atoms with Crippen molar-refractivity contribution in [2.24, 2.45) is 0 Å². The van der Waals surface area contributed by atoms with Gasteiger partial charge in [-0.25, -0.2) is 14.8 Å². The molecule has 36 heavy (non-hydrogen) atoms. The van der Waals surface area contributed by atoms with E-state index in [4.69, 9.17) is 14.2 Å². The standard InChI is InChI=1S/C24H34N6O5S/c1-24(2,3)35-23(32)28-17-13-30(8-6-18(17)34-11-10-33-4)22(31)19-14-29(9-12-36-19)21-16-5-7-25-20(16)26-15-27-21/h5,7,14-15,17-18H,6,8-13H2,1-4H3,(H,28,32)(H,25,26,27)/t17-,18-/m0/s1. The van der Waals surface area contributed by atoms with E-state index in [2.05, 4.69) is 20.3 Å². The fraction of sp³-hybridized carbons (Fsp3) is 0.583. The molecule has 0 spiro atoms. The second-order valence-corrected chi connectivity index (χ2v) is 10.8. The summed E-state index contributed by atoms with van der Waals surface area (Å²) in [7, 11) is 1.61. The van der Waals surface area contributed by atoms with Gasteiger partial charge in [0.2, 0.25) is 0 Å². The van der Waals surface area contributed by atoms with E-state index >= 15 is 0 Å². The topological polar surface area (TPSA) is 122 Å². The zero-order valence-corrected chi connectivity index (χ0v) is 22.0. The van der Waals surface area contributed by atoms with E-state index in [1.807, 2.05) is 44.1 Å². The van der Waals surface area contributed by atoms with E-state index in [0.29, 0.717) is 37.6 Å². The molecular formula is C24H34N6O5S. The number of piperidine rings is 1. The normalized spacial score (nSPS) is 20.8. The monoisotopic (exact) mass is 518 g/mol. The van der Waals surface area contributed by atoms with Gasteiger partial charge < -0.3 is 34.3 Å². The number of fused-ring (bicyclic) bond motifs is 1. The van der Waals surface area contributed by atoms with Crippen LogP contribution >= 0.6 is 11.8 Å². The Hall–Kier alpha value is -2.83. The smallest absolute Gasteiger partial charge is 0.408 e. The number of aromatic amines is 1. The van der Waals surface area contributed by atoms with Crippen LogP contribution in [-0.4, -0.2) is 95.3 Å². The zero-order chi connectivity index (χ0) is 25.7. The number of ether oxygens (including phenoxy) is 3. The number of aromatic nitrogens is 3. The van der Waals surface area contributed by atoms with Gasteiger partial charge in [-0.3, -0.25) is 4.79 Å². The lowest BCUT2D eigenvalue weighted by molar-refractivity contribution is -0.130. The molecule has 196 valence electrons. The first-order valence-corrected chi connectivity index (χ1v) is 13.0. The number of anilines is 1. The number of amides is 2. The molecule has 1 fully saturated rings. The van der Waals surface area contributed by atoms with Gasteiger partial charge in [0, 0.05) is 44.9 Å². The van der Waals surface area contributed by atoms with Crippen LogP contribution in [0.5, 0.6) is 0 Å². The molecule has 0 unspecified atom stereocenters. The number of carbonyl (C=O) groups excluding carboxylic acids is 2. The van der Waals surface area contributed by atoms with Gasteiger partial charge in [0.25, 0.3) is 5.91 Å². The number of rotatable bonds is 7. The van der Waals surface area contributed by atoms with Crippen LogP contribution in [0.4, 0.5) is 10.6 Å². The third kappa shape index (κ3) is 6.48. The number of methoxy groups -OCH3 is 1. The SMILES string of the molecule is COCCO[C@H]1CCN(C(=O)C2=CN(c3ncnc4[nH]ccc34)CCS2)C[C@@H]1NC(=O)OC(C)(C)C. The highest BCUT2D eigenvalue weighted by Gasteiger charge is 2.36. The van der Waals surface area contributed by atoms with Crippen molar-refractivity contribution >= 4 is 40.6 Å². The van der Waals surface area contributed by atoms with Crippen molar-refractivity contribution in [2.45, 2.75) is 44.9 Å². The van der Waals surface area contributed by atoms with Crippen molar-refractivity contribution < 1.29 is 23.8 Å². The van der Waals surface area contributed by atoms with Crippen LogP contribution in [0, 0.1) is 0 Å². The quantitative estimate of drug-likeness (QED) is 0.533. The largest absolute Gasteiger partial charge is 0.444 e. The predicted molar refractivity (Wildman–Crippen MR) is 138 cm³/mol. The lowest BCUT2D eigenvalue weighted by atomic mass is 10.0. The van der Waals surface area contributed by atoms with Gasteiger partial charge in [-0.15, -0.1) is 11.8 Å². The van der Waals surface area contributed by atoms with Crippen molar-refractivity contribution in [3.05, 3.63) is 29.7 Å². The number of carbonyl (C=O) groups is 2. The van der Waals surface area contributed by atoms with Crippen LogP contribution in [0.2, 0.25) is 0 Å². The van der Waals surface area contributed by atoms with Gasteiger partial charge in [-0.05, 0) is 33.3 Å². The molecule has 0 saturated carbocycles. The molecule has 2 aliphatic rings. The average Bonchev–Trinajstić information content (AvgIpc) is 3.32. The fourth-order valence-corrected chi connectivity index (χ4v) is 5.18. The molecule has 2 atom stereocenters. The highest BCUT2D eigenvalue weighted by atomic mass is 32.2. The Labute approximate surface area is 214 Å². The number of thioether (sulfide) groups is 1. The second kappa shape index (κ2) is 11.5. The van der Waals surface area contributed by atoms with Crippen LogP contribution in [0.15, 0.2) is 29.7 Å². The number of hydrogen-bond acceptors (Lipinski definition) is 9. The minimum atomic E-state index is -0.625. The Bertz CT molecular complexity index is 1100. The Morgan fingerprint density at radius 2 is 2.08 bits per heavy atom. The summed E-state index contributed by atoms with van der Waals surface area (Å²) in [5.74, 6) is 1.45. The highest BCUT2D eigenvalue weighted by molar-refractivity contribution is 8.04. The maximum Gasteiger partial charge on any atom is 0.408 e. The second-order valence-electron chi connectivity index (χ2n) is 9.67. The molecule has 2 aromatic rings. The van der Waals surface area contributed by atoms with E-state index < -0.39 is 17.7 Å². The summed E-state index contributed by atoms with van der Waals surface area (Å²) in [4.78, 5) is 42.3. The lowest BCUT2D eigenvalue weighted by Gasteiger charge is -2.39. The fourth-order valence-electron chi connectivity index (χ4n) is 4.22. The molecule has 0 radical (unpaired) electrons. The summed E-state index contributed by atoms with van der Waals surface area (Å²) < 4.78 is 16.5.